The monoisotopic (exact) mass is 282 g/mol. The van der Waals surface area contributed by atoms with Crippen molar-refractivity contribution in [2.75, 3.05) is 18.1 Å². The van der Waals surface area contributed by atoms with Crippen molar-refractivity contribution in [2.45, 2.75) is 26.3 Å². The number of nitrogens with one attached hydrogen (secondary N) is 2. The van der Waals surface area contributed by atoms with Crippen LogP contribution >= 0.6 is 0 Å². The summed E-state index contributed by atoms with van der Waals surface area (Å²) in [6.45, 7) is 5.66. The van der Waals surface area contributed by atoms with Gasteiger partial charge in [0.25, 0.3) is 0 Å². The fraction of sp³-hybridized carbons (Fsp3) is 0.500. The summed E-state index contributed by atoms with van der Waals surface area (Å²) >= 11 is 0. The van der Waals surface area contributed by atoms with E-state index in [1.807, 2.05) is 13.0 Å². The number of pyridine rings is 1. The maximum absolute atomic E-state index is 11.2. The van der Waals surface area contributed by atoms with Crippen LogP contribution in [-0.2, 0) is 10.0 Å². The van der Waals surface area contributed by atoms with Gasteiger partial charge in [0.2, 0.25) is 10.0 Å². The molecule has 104 valence electrons. The molecule has 1 aromatic heterocycles. The summed E-state index contributed by atoms with van der Waals surface area (Å²) in [5.41, 5.74) is 0.544. The van der Waals surface area contributed by atoms with Crippen molar-refractivity contribution < 1.29 is 8.42 Å². The van der Waals surface area contributed by atoms with Gasteiger partial charge in [-0.05, 0) is 32.9 Å². The van der Waals surface area contributed by atoms with E-state index in [-0.39, 0.29) is 0 Å². The minimum absolute atomic E-state index is 0.325. The third kappa shape index (κ3) is 5.24. The van der Waals surface area contributed by atoms with Crippen LogP contribution in [0.3, 0.4) is 0 Å². The number of nitriles is 1. The second kappa shape index (κ2) is 5.55. The maximum Gasteiger partial charge on any atom is 0.209 e. The summed E-state index contributed by atoms with van der Waals surface area (Å²) in [5, 5.41) is 12.0. The van der Waals surface area contributed by atoms with Gasteiger partial charge >= 0.3 is 0 Å². The van der Waals surface area contributed by atoms with Crippen molar-refractivity contribution in [1.29, 1.82) is 5.26 Å². The fourth-order valence-electron chi connectivity index (χ4n) is 1.62. The number of nitrogens with zero attached hydrogens (tertiary/aromatic N) is 2. The van der Waals surface area contributed by atoms with Gasteiger partial charge in [-0.2, -0.15) is 5.26 Å². The first kappa shape index (κ1) is 15.4. The summed E-state index contributed by atoms with van der Waals surface area (Å²) in [4.78, 5) is 4.23. The van der Waals surface area contributed by atoms with Gasteiger partial charge in [0.1, 0.15) is 11.9 Å². The Morgan fingerprint density at radius 2 is 2.05 bits per heavy atom. The summed E-state index contributed by atoms with van der Waals surface area (Å²) in [6, 6.07) is 5.48. The van der Waals surface area contributed by atoms with E-state index in [9.17, 15) is 8.42 Å². The van der Waals surface area contributed by atoms with E-state index in [4.69, 9.17) is 5.26 Å². The van der Waals surface area contributed by atoms with Gasteiger partial charge in [0, 0.05) is 17.8 Å². The molecule has 0 aliphatic heterocycles. The zero-order chi connectivity index (χ0) is 14.7. The zero-order valence-electron chi connectivity index (χ0n) is 11.5. The topological polar surface area (TPSA) is 94.9 Å². The molecule has 0 unspecified atom stereocenters. The van der Waals surface area contributed by atoms with E-state index >= 15 is 0 Å². The van der Waals surface area contributed by atoms with E-state index in [2.05, 4.69) is 15.0 Å². The highest BCUT2D eigenvalue weighted by molar-refractivity contribution is 7.88. The molecule has 0 saturated carbocycles. The highest BCUT2D eigenvalue weighted by Gasteiger charge is 2.22. The lowest BCUT2D eigenvalue weighted by Crippen LogP contribution is -2.47. The van der Waals surface area contributed by atoms with Gasteiger partial charge in [-0.1, -0.05) is 0 Å². The summed E-state index contributed by atoms with van der Waals surface area (Å²) < 4.78 is 25.0. The Kier molecular flexibility index (Phi) is 4.50. The van der Waals surface area contributed by atoms with Gasteiger partial charge in [0.05, 0.1) is 11.8 Å². The van der Waals surface area contributed by atoms with E-state index in [0.717, 1.165) is 11.9 Å². The van der Waals surface area contributed by atoms with Gasteiger partial charge in [-0.25, -0.2) is 18.1 Å². The summed E-state index contributed by atoms with van der Waals surface area (Å²) in [5.74, 6) is 0.464. The molecule has 0 amide bonds. The van der Waals surface area contributed by atoms with Gasteiger partial charge in [-0.15, -0.1) is 0 Å². The van der Waals surface area contributed by atoms with Crippen molar-refractivity contribution in [1.82, 2.24) is 9.71 Å². The molecular formula is C12H18N4O2S. The van der Waals surface area contributed by atoms with Crippen LogP contribution in [0.5, 0.6) is 0 Å². The fourth-order valence-corrected chi connectivity index (χ4v) is 2.70. The molecule has 0 aliphatic rings. The van der Waals surface area contributed by atoms with Crippen LogP contribution < -0.4 is 10.0 Å². The molecule has 2 N–H and O–H groups in total. The van der Waals surface area contributed by atoms with Crippen molar-refractivity contribution in [3.8, 4) is 6.07 Å². The van der Waals surface area contributed by atoms with Crippen LogP contribution in [0, 0.1) is 18.3 Å². The van der Waals surface area contributed by atoms with Crippen molar-refractivity contribution in [3.63, 3.8) is 0 Å². The molecule has 1 heterocycles. The van der Waals surface area contributed by atoms with E-state index in [0.29, 0.717) is 17.9 Å². The van der Waals surface area contributed by atoms with Crippen molar-refractivity contribution in [3.05, 3.63) is 23.4 Å². The Morgan fingerprint density at radius 3 is 2.58 bits per heavy atom. The number of anilines is 1. The molecule has 0 spiro atoms. The summed E-state index contributed by atoms with van der Waals surface area (Å²) in [7, 11) is -3.29. The van der Waals surface area contributed by atoms with Crippen LogP contribution in [0.25, 0.3) is 0 Å². The molecule has 0 fully saturated rings. The lowest BCUT2D eigenvalue weighted by Gasteiger charge is -2.25. The number of hydrogen-bond acceptors (Lipinski definition) is 5. The number of hydrogen-bond donors (Lipinski definition) is 2. The predicted molar refractivity (Wildman–Crippen MR) is 74.2 cm³/mol. The molecule has 7 heteroatoms. The number of aryl methyl sites for hydroxylation is 1. The molecule has 0 bridgehead atoms. The first-order valence-corrected chi connectivity index (χ1v) is 7.63. The molecule has 1 aromatic rings. The second-order valence-electron chi connectivity index (χ2n) is 5.07. The smallest absolute Gasteiger partial charge is 0.209 e. The first-order chi connectivity index (χ1) is 8.63. The minimum atomic E-state index is -3.29. The molecule has 0 atom stereocenters. The van der Waals surface area contributed by atoms with Crippen LogP contribution in [-0.4, -0.2) is 31.7 Å². The molecule has 0 radical (unpaired) electrons. The van der Waals surface area contributed by atoms with Crippen molar-refractivity contribution >= 4 is 15.8 Å². The van der Waals surface area contributed by atoms with Gasteiger partial charge < -0.3 is 5.32 Å². The Morgan fingerprint density at radius 1 is 1.42 bits per heavy atom. The molecule has 0 saturated heterocycles. The Hall–Kier alpha value is -1.65. The molecule has 6 nitrogen and oxygen atoms in total. The number of aromatic nitrogens is 1. The average molecular weight is 282 g/mol. The largest absolute Gasteiger partial charge is 0.367 e. The van der Waals surface area contributed by atoms with Crippen molar-refractivity contribution in [2.24, 2.45) is 0 Å². The van der Waals surface area contributed by atoms with E-state index < -0.39 is 15.6 Å². The lowest BCUT2D eigenvalue weighted by atomic mass is 10.1. The quantitative estimate of drug-likeness (QED) is 0.840. The van der Waals surface area contributed by atoms with Crippen LogP contribution in [0.2, 0.25) is 0 Å². The summed E-state index contributed by atoms with van der Waals surface area (Å²) in [6.07, 6.45) is 1.11. The van der Waals surface area contributed by atoms with Crippen LogP contribution in [0.15, 0.2) is 12.1 Å². The highest BCUT2D eigenvalue weighted by Crippen LogP contribution is 2.14. The molecule has 0 aliphatic carbocycles. The third-order valence-electron chi connectivity index (χ3n) is 2.31. The second-order valence-corrected chi connectivity index (χ2v) is 6.82. The average Bonchev–Trinajstić information content (AvgIpc) is 2.23. The normalized spacial score (nSPS) is 11.9. The van der Waals surface area contributed by atoms with Crippen LogP contribution in [0.4, 0.5) is 5.82 Å². The molecule has 1 rings (SSSR count). The highest BCUT2D eigenvalue weighted by atomic mass is 32.2. The SMILES string of the molecule is Cc1ccc(C#N)c(NCC(C)(C)NS(C)(=O)=O)n1. The maximum atomic E-state index is 11.2. The molecule has 0 aromatic carbocycles. The lowest BCUT2D eigenvalue weighted by molar-refractivity contribution is 0.476. The molecule has 19 heavy (non-hydrogen) atoms. The van der Waals surface area contributed by atoms with Gasteiger partial charge in [0.15, 0.2) is 0 Å². The standard InChI is InChI=1S/C12H18N4O2S/c1-9-5-6-10(7-13)11(15-9)14-8-12(2,3)16-19(4,17)18/h5-6,16H,8H2,1-4H3,(H,14,15). The first-order valence-electron chi connectivity index (χ1n) is 5.73. The van der Waals surface area contributed by atoms with Gasteiger partial charge in [-0.3, -0.25) is 0 Å². The van der Waals surface area contributed by atoms with E-state index in [1.165, 1.54) is 0 Å². The Labute approximate surface area is 113 Å². The molecular weight excluding hydrogens is 264 g/mol. The zero-order valence-corrected chi connectivity index (χ0v) is 12.3. The number of sulfonamides is 1. The van der Waals surface area contributed by atoms with E-state index in [1.54, 1.807) is 26.0 Å². The number of rotatable bonds is 5. The van der Waals surface area contributed by atoms with Crippen LogP contribution in [0.1, 0.15) is 25.1 Å². The Balaban J connectivity index is 2.82. The minimum Gasteiger partial charge on any atom is -0.367 e. The third-order valence-corrected chi connectivity index (χ3v) is 3.24. The predicted octanol–water partition coefficient (Wildman–Crippen LogP) is 1.00. The Bertz CT molecular complexity index is 603.